The maximum Gasteiger partial charge on any atom is 0.261 e. The predicted molar refractivity (Wildman–Crippen MR) is 113 cm³/mol. The monoisotopic (exact) mass is 415 g/mol. The molecule has 1 aliphatic heterocycles. The first-order valence-corrected chi connectivity index (χ1v) is 11.0. The van der Waals surface area contributed by atoms with Crippen LogP contribution >= 0.6 is 0 Å². The normalized spacial score (nSPS) is 14.3. The van der Waals surface area contributed by atoms with E-state index in [1.807, 2.05) is 6.92 Å². The molecule has 0 atom stereocenters. The second-order valence-corrected chi connectivity index (χ2v) is 9.11. The van der Waals surface area contributed by atoms with Crippen molar-refractivity contribution >= 4 is 38.9 Å². The van der Waals surface area contributed by atoms with Crippen LogP contribution < -0.4 is 14.9 Å². The summed E-state index contributed by atoms with van der Waals surface area (Å²) < 4.78 is 28.1. The van der Waals surface area contributed by atoms with E-state index >= 15 is 0 Å². The number of hydrogen-bond donors (Lipinski definition) is 2. The Kier molecular flexibility index (Phi) is 5.93. The van der Waals surface area contributed by atoms with Crippen LogP contribution in [-0.2, 0) is 19.6 Å². The van der Waals surface area contributed by atoms with E-state index in [0.717, 1.165) is 17.7 Å². The summed E-state index contributed by atoms with van der Waals surface area (Å²) in [6.45, 7) is 6.09. The van der Waals surface area contributed by atoms with E-state index in [1.165, 1.54) is 12.1 Å². The van der Waals surface area contributed by atoms with Crippen molar-refractivity contribution < 1.29 is 18.0 Å². The summed E-state index contributed by atoms with van der Waals surface area (Å²) >= 11 is 0. The second-order valence-electron chi connectivity index (χ2n) is 7.42. The molecule has 1 fully saturated rings. The quantitative estimate of drug-likeness (QED) is 0.755. The number of carbonyl (C=O) groups is 2. The Morgan fingerprint density at radius 1 is 1.07 bits per heavy atom. The Balaban J connectivity index is 1.79. The van der Waals surface area contributed by atoms with E-state index in [4.69, 9.17) is 0 Å². The highest BCUT2D eigenvalue weighted by Gasteiger charge is 2.24. The zero-order valence-electron chi connectivity index (χ0n) is 16.7. The van der Waals surface area contributed by atoms with Crippen molar-refractivity contribution in [1.29, 1.82) is 0 Å². The molecular weight excluding hydrogens is 390 g/mol. The molecular formula is C21H25N3O4S. The van der Waals surface area contributed by atoms with E-state index in [2.05, 4.69) is 10.0 Å². The third-order valence-electron chi connectivity index (χ3n) is 4.78. The minimum atomic E-state index is -3.81. The Bertz CT molecular complexity index is 1030. The summed E-state index contributed by atoms with van der Waals surface area (Å²) in [5, 5.41) is 2.73. The molecule has 0 aromatic heterocycles. The van der Waals surface area contributed by atoms with E-state index in [0.29, 0.717) is 24.3 Å². The molecule has 154 valence electrons. The molecule has 2 N–H and O–H groups in total. The van der Waals surface area contributed by atoms with Crippen LogP contribution in [0, 0.1) is 12.8 Å². The fourth-order valence-electron chi connectivity index (χ4n) is 3.08. The fraction of sp³-hybridized carbons (Fsp3) is 0.333. The predicted octanol–water partition coefficient (Wildman–Crippen LogP) is 3.52. The molecule has 0 radical (unpaired) electrons. The molecule has 1 heterocycles. The van der Waals surface area contributed by atoms with Gasteiger partial charge in [-0.2, -0.15) is 0 Å². The van der Waals surface area contributed by atoms with Gasteiger partial charge in [0.2, 0.25) is 11.8 Å². The van der Waals surface area contributed by atoms with Gasteiger partial charge < -0.3 is 10.2 Å². The van der Waals surface area contributed by atoms with E-state index in [-0.39, 0.29) is 22.6 Å². The average molecular weight is 416 g/mol. The Morgan fingerprint density at radius 3 is 2.31 bits per heavy atom. The first-order valence-electron chi connectivity index (χ1n) is 9.52. The largest absolute Gasteiger partial charge is 0.326 e. The van der Waals surface area contributed by atoms with Crippen molar-refractivity contribution in [3.63, 3.8) is 0 Å². The highest BCUT2D eigenvalue weighted by Crippen LogP contribution is 2.29. The molecule has 2 amide bonds. The minimum absolute atomic E-state index is 0.0483. The summed E-state index contributed by atoms with van der Waals surface area (Å²) in [7, 11) is -3.81. The van der Waals surface area contributed by atoms with Crippen molar-refractivity contribution in [2.75, 3.05) is 21.5 Å². The number of hydrogen-bond acceptors (Lipinski definition) is 4. The first-order chi connectivity index (χ1) is 13.7. The van der Waals surface area contributed by atoms with Crippen molar-refractivity contribution in [1.82, 2.24) is 0 Å². The number of benzene rings is 2. The summed E-state index contributed by atoms with van der Waals surface area (Å²) in [5.74, 6) is -0.257. The van der Waals surface area contributed by atoms with Gasteiger partial charge in [0, 0.05) is 30.3 Å². The van der Waals surface area contributed by atoms with Gasteiger partial charge in [-0.3, -0.25) is 14.3 Å². The molecule has 29 heavy (non-hydrogen) atoms. The SMILES string of the molecule is Cc1ccc(NS(=O)(=O)c2ccc(NC(=O)C(C)C)cc2)cc1N1CCCC1=O. The minimum Gasteiger partial charge on any atom is -0.326 e. The summed E-state index contributed by atoms with van der Waals surface area (Å²) in [6.07, 6.45) is 1.31. The number of nitrogens with zero attached hydrogens (tertiary/aromatic N) is 1. The van der Waals surface area contributed by atoms with Gasteiger partial charge in [-0.1, -0.05) is 19.9 Å². The zero-order valence-corrected chi connectivity index (χ0v) is 17.5. The second kappa shape index (κ2) is 8.24. The zero-order chi connectivity index (χ0) is 21.2. The molecule has 3 rings (SSSR count). The smallest absolute Gasteiger partial charge is 0.261 e. The average Bonchev–Trinajstić information content (AvgIpc) is 3.09. The molecule has 0 saturated carbocycles. The first kappa shape index (κ1) is 20.9. The molecule has 2 aromatic rings. The van der Waals surface area contributed by atoms with Crippen molar-refractivity contribution in [2.24, 2.45) is 5.92 Å². The van der Waals surface area contributed by atoms with E-state index in [1.54, 1.807) is 49.1 Å². The number of sulfonamides is 1. The number of anilines is 3. The van der Waals surface area contributed by atoms with Crippen molar-refractivity contribution in [3.05, 3.63) is 48.0 Å². The van der Waals surface area contributed by atoms with Gasteiger partial charge in [0.1, 0.15) is 0 Å². The van der Waals surface area contributed by atoms with Gasteiger partial charge in [0.05, 0.1) is 10.6 Å². The highest BCUT2D eigenvalue weighted by molar-refractivity contribution is 7.92. The number of carbonyl (C=O) groups excluding carboxylic acids is 2. The van der Waals surface area contributed by atoms with E-state index < -0.39 is 10.0 Å². The van der Waals surface area contributed by atoms with Crippen LogP contribution in [0.15, 0.2) is 47.4 Å². The van der Waals surface area contributed by atoms with Gasteiger partial charge in [0.25, 0.3) is 10.0 Å². The molecule has 8 heteroatoms. The summed E-state index contributed by atoms with van der Waals surface area (Å²) in [4.78, 5) is 25.6. The van der Waals surface area contributed by atoms with Crippen LogP contribution in [0.1, 0.15) is 32.3 Å². The van der Waals surface area contributed by atoms with Crippen LogP contribution in [0.4, 0.5) is 17.1 Å². The van der Waals surface area contributed by atoms with Gasteiger partial charge in [0.15, 0.2) is 0 Å². The Labute approximate surface area is 171 Å². The lowest BCUT2D eigenvalue weighted by atomic mass is 10.1. The van der Waals surface area contributed by atoms with Crippen molar-refractivity contribution in [3.8, 4) is 0 Å². The topological polar surface area (TPSA) is 95.6 Å². The highest BCUT2D eigenvalue weighted by atomic mass is 32.2. The molecule has 1 aliphatic rings. The number of amides is 2. The molecule has 0 unspecified atom stereocenters. The summed E-state index contributed by atoms with van der Waals surface area (Å²) in [5.41, 5.74) is 2.56. The van der Waals surface area contributed by atoms with Crippen molar-refractivity contribution in [2.45, 2.75) is 38.5 Å². The molecule has 0 spiro atoms. The molecule has 0 bridgehead atoms. The standard InChI is InChI=1S/C21H25N3O4S/c1-14(2)21(26)22-16-8-10-18(11-9-16)29(27,28)23-17-7-6-15(3)19(13-17)24-12-4-5-20(24)25/h6-11,13-14,23H,4-5,12H2,1-3H3,(H,22,26). The van der Waals surface area contributed by atoms with Crippen LogP contribution in [0.3, 0.4) is 0 Å². The molecule has 1 saturated heterocycles. The molecule has 2 aromatic carbocycles. The third-order valence-corrected chi connectivity index (χ3v) is 6.18. The molecule has 0 aliphatic carbocycles. The van der Waals surface area contributed by atoms with Gasteiger partial charge in [-0.25, -0.2) is 8.42 Å². The lowest BCUT2D eigenvalue weighted by Crippen LogP contribution is -2.24. The van der Waals surface area contributed by atoms with Crippen LogP contribution in [0.5, 0.6) is 0 Å². The van der Waals surface area contributed by atoms with E-state index in [9.17, 15) is 18.0 Å². The third kappa shape index (κ3) is 4.76. The van der Waals surface area contributed by atoms with Crippen LogP contribution in [-0.4, -0.2) is 26.8 Å². The Hall–Kier alpha value is -2.87. The number of nitrogens with one attached hydrogen (secondary N) is 2. The van der Waals surface area contributed by atoms with Gasteiger partial charge in [-0.05, 0) is 55.3 Å². The molecule has 7 nitrogen and oxygen atoms in total. The summed E-state index contributed by atoms with van der Waals surface area (Å²) in [6, 6.07) is 11.1. The number of aryl methyl sites for hydroxylation is 1. The lowest BCUT2D eigenvalue weighted by molar-refractivity contribution is -0.119. The maximum atomic E-state index is 12.7. The van der Waals surface area contributed by atoms with Gasteiger partial charge >= 0.3 is 0 Å². The maximum absolute atomic E-state index is 12.7. The lowest BCUT2D eigenvalue weighted by Gasteiger charge is -2.19. The Morgan fingerprint density at radius 2 is 1.72 bits per heavy atom. The van der Waals surface area contributed by atoms with Gasteiger partial charge in [-0.15, -0.1) is 0 Å². The van der Waals surface area contributed by atoms with Crippen LogP contribution in [0.2, 0.25) is 0 Å². The van der Waals surface area contributed by atoms with Crippen LogP contribution in [0.25, 0.3) is 0 Å². The fourth-order valence-corrected chi connectivity index (χ4v) is 4.13. The number of rotatable bonds is 6.